The van der Waals surface area contributed by atoms with Crippen LogP contribution >= 0.6 is 23.4 Å². The van der Waals surface area contributed by atoms with Crippen LogP contribution in [0, 0.1) is 0 Å². The fourth-order valence-electron chi connectivity index (χ4n) is 3.49. The van der Waals surface area contributed by atoms with E-state index in [1.165, 1.54) is 0 Å². The van der Waals surface area contributed by atoms with E-state index in [2.05, 4.69) is 17.1 Å². The second kappa shape index (κ2) is 10.8. The summed E-state index contributed by atoms with van der Waals surface area (Å²) < 4.78 is 0. The van der Waals surface area contributed by atoms with Crippen LogP contribution in [0.1, 0.15) is 19.4 Å². The third-order valence-electron chi connectivity index (χ3n) is 5.20. The van der Waals surface area contributed by atoms with E-state index in [1.807, 2.05) is 60.4 Å². The van der Waals surface area contributed by atoms with E-state index in [9.17, 15) is 9.59 Å². The number of benzene rings is 2. The molecule has 160 valence electrons. The Kier molecular flexibility index (Phi) is 8.19. The number of amides is 2. The average Bonchev–Trinajstić information content (AvgIpc) is 2.75. The van der Waals surface area contributed by atoms with Gasteiger partial charge in [0.05, 0.1) is 11.8 Å². The molecular formula is C23H28ClN3O2S. The van der Waals surface area contributed by atoms with Crippen molar-refractivity contribution in [1.82, 2.24) is 9.80 Å². The van der Waals surface area contributed by atoms with E-state index < -0.39 is 0 Å². The van der Waals surface area contributed by atoms with Crippen molar-refractivity contribution in [3.8, 4) is 0 Å². The molecule has 0 saturated carbocycles. The number of hydrogen-bond acceptors (Lipinski definition) is 4. The van der Waals surface area contributed by atoms with Crippen LogP contribution in [0.25, 0.3) is 0 Å². The molecule has 7 heteroatoms. The van der Waals surface area contributed by atoms with Crippen LogP contribution in [-0.2, 0) is 16.0 Å². The summed E-state index contributed by atoms with van der Waals surface area (Å²) in [6, 6.07) is 15.4. The predicted molar refractivity (Wildman–Crippen MR) is 124 cm³/mol. The monoisotopic (exact) mass is 445 g/mol. The molecule has 0 aromatic heterocycles. The highest BCUT2D eigenvalue weighted by Crippen LogP contribution is 2.26. The Morgan fingerprint density at radius 2 is 1.73 bits per heavy atom. The number of rotatable bonds is 7. The van der Waals surface area contributed by atoms with Crippen LogP contribution in [0.2, 0.25) is 5.02 Å². The smallest absolute Gasteiger partial charge is 0.238 e. The van der Waals surface area contributed by atoms with Crippen molar-refractivity contribution < 1.29 is 9.59 Å². The van der Waals surface area contributed by atoms with Crippen molar-refractivity contribution in [2.75, 3.05) is 38.0 Å². The summed E-state index contributed by atoms with van der Waals surface area (Å²) in [5, 5.41) is 3.55. The number of hydrogen-bond donors (Lipinski definition) is 1. The molecule has 1 N–H and O–H groups in total. The second-order valence-electron chi connectivity index (χ2n) is 7.37. The molecule has 0 radical (unpaired) electrons. The maximum Gasteiger partial charge on any atom is 0.238 e. The Morgan fingerprint density at radius 1 is 1.07 bits per heavy atom. The van der Waals surface area contributed by atoms with E-state index in [0.29, 0.717) is 37.7 Å². The third kappa shape index (κ3) is 6.24. The van der Waals surface area contributed by atoms with E-state index in [1.54, 1.807) is 11.8 Å². The molecule has 1 atom stereocenters. The lowest BCUT2D eigenvalue weighted by molar-refractivity contribution is -0.132. The van der Waals surface area contributed by atoms with Crippen molar-refractivity contribution in [3.05, 3.63) is 59.1 Å². The molecule has 0 bridgehead atoms. The SMILES string of the molecule is CCc1ccccc1NC(=O)CN1CCN(C(=O)C(C)Sc2ccc(Cl)cc2)CC1. The summed E-state index contributed by atoms with van der Waals surface area (Å²) in [6.07, 6.45) is 0.878. The average molecular weight is 446 g/mol. The van der Waals surface area contributed by atoms with Crippen molar-refractivity contribution in [2.45, 2.75) is 30.4 Å². The molecule has 0 spiro atoms. The molecule has 1 fully saturated rings. The molecule has 1 saturated heterocycles. The van der Waals surface area contributed by atoms with Gasteiger partial charge in [-0.2, -0.15) is 0 Å². The predicted octanol–water partition coefficient (Wildman–Crippen LogP) is 4.17. The normalized spacial score (nSPS) is 15.6. The summed E-state index contributed by atoms with van der Waals surface area (Å²) in [7, 11) is 0. The molecule has 2 amide bonds. The Bertz CT molecular complexity index is 867. The van der Waals surface area contributed by atoms with Gasteiger partial charge >= 0.3 is 0 Å². The Balaban J connectivity index is 1.45. The van der Waals surface area contributed by atoms with Crippen LogP contribution in [0.4, 0.5) is 5.69 Å². The molecule has 1 aliphatic rings. The topological polar surface area (TPSA) is 52.7 Å². The fraction of sp³-hybridized carbons (Fsp3) is 0.391. The minimum absolute atomic E-state index is 0.0117. The standard InChI is InChI=1S/C23H28ClN3O2S/c1-3-18-6-4-5-7-21(18)25-22(28)16-26-12-14-27(15-13-26)23(29)17(2)30-20-10-8-19(24)9-11-20/h4-11,17H,3,12-16H2,1-2H3,(H,25,28). The molecule has 2 aromatic carbocycles. The van der Waals surface area contributed by atoms with Crippen LogP contribution in [0.5, 0.6) is 0 Å². The maximum absolute atomic E-state index is 12.8. The van der Waals surface area contributed by atoms with Crippen LogP contribution in [0.3, 0.4) is 0 Å². The Labute approximate surface area is 187 Å². The lowest BCUT2D eigenvalue weighted by Crippen LogP contribution is -2.52. The summed E-state index contributed by atoms with van der Waals surface area (Å²) in [5.41, 5.74) is 2.01. The van der Waals surface area contributed by atoms with Gasteiger partial charge in [0.15, 0.2) is 0 Å². The molecule has 30 heavy (non-hydrogen) atoms. The first kappa shape index (κ1) is 22.7. The minimum Gasteiger partial charge on any atom is -0.339 e. The number of carbonyl (C=O) groups excluding carboxylic acids is 2. The minimum atomic E-state index is -0.161. The number of nitrogens with zero attached hydrogens (tertiary/aromatic N) is 2. The summed E-state index contributed by atoms with van der Waals surface area (Å²) in [5.74, 6) is 0.123. The highest BCUT2D eigenvalue weighted by Gasteiger charge is 2.26. The molecule has 1 heterocycles. The van der Waals surface area contributed by atoms with Crippen LogP contribution < -0.4 is 5.32 Å². The lowest BCUT2D eigenvalue weighted by Gasteiger charge is -2.35. The first-order chi connectivity index (χ1) is 14.5. The number of carbonyl (C=O) groups is 2. The number of thioether (sulfide) groups is 1. The largest absolute Gasteiger partial charge is 0.339 e. The van der Waals surface area contributed by atoms with Gasteiger partial charge in [-0.05, 0) is 49.2 Å². The molecule has 3 rings (SSSR count). The van der Waals surface area contributed by atoms with E-state index in [4.69, 9.17) is 11.6 Å². The van der Waals surface area contributed by atoms with Gasteiger partial charge in [0, 0.05) is 41.8 Å². The van der Waals surface area contributed by atoms with E-state index in [-0.39, 0.29) is 17.1 Å². The maximum atomic E-state index is 12.8. The van der Waals surface area contributed by atoms with Gasteiger partial charge < -0.3 is 10.2 Å². The summed E-state index contributed by atoms with van der Waals surface area (Å²) in [6.45, 7) is 7.04. The molecule has 0 aliphatic carbocycles. The number of piperazine rings is 1. The quantitative estimate of drug-likeness (QED) is 0.650. The lowest BCUT2D eigenvalue weighted by atomic mass is 10.1. The second-order valence-corrected chi connectivity index (χ2v) is 9.22. The summed E-state index contributed by atoms with van der Waals surface area (Å²) >= 11 is 7.47. The number of aryl methyl sites for hydroxylation is 1. The zero-order chi connectivity index (χ0) is 21.5. The first-order valence-electron chi connectivity index (χ1n) is 10.3. The van der Waals surface area contributed by atoms with E-state index in [0.717, 1.165) is 22.6 Å². The van der Waals surface area contributed by atoms with Crippen molar-refractivity contribution in [3.63, 3.8) is 0 Å². The molecular weight excluding hydrogens is 418 g/mol. The number of nitrogens with one attached hydrogen (secondary N) is 1. The van der Waals surface area contributed by atoms with Crippen molar-refractivity contribution in [2.24, 2.45) is 0 Å². The zero-order valence-corrected chi connectivity index (χ0v) is 19.0. The van der Waals surface area contributed by atoms with Gasteiger partial charge in [-0.15, -0.1) is 11.8 Å². The first-order valence-corrected chi connectivity index (χ1v) is 11.5. The van der Waals surface area contributed by atoms with Gasteiger partial charge in [0.1, 0.15) is 0 Å². The summed E-state index contributed by atoms with van der Waals surface area (Å²) in [4.78, 5) is 30.3. The zero-order valence-electron chi connectivity index (χ0n) is 17.4. The highest BCUT2D eigenvalue weighted by molar-refractivity contribution is 8.00. The molecule has 5 nitrogen and oxygen atoms in total. The highest BCUT2D eigenvalue weighted by atomic mass is 35.5. The number of para-hydroxylation sites is 1. The molecule has 1 aliphatic heterocycles. The van der Waals surface area contributed by atoms with Crippen LogP contribution in [0.15, 0.2) is 53.4 Å². The molecule has 2 aromatic rings. The van der Waals surface area contributed by atoms with Crippen LogP contribution in [-0.4, -0.2) is 59.6 Å². The van der Waals surface area contributed by atoms with Crippen molar-refractivity contribution in [1.29, 1.82) is 0 Å². The molecule has 1 unspecified atom stereocenters. The fourth-order valence-corrected chi connectivity index (χ4v) is 4.57. The number of halogens is 1. The van der Waals surface area contributed by atoms with Gasteiger partial charge in [-0.25, -0.2) is 0 Å². The van der Waals surface area contributed by atoms with Gasteiger partial charge in [-0.3, -0.25) is 14.5 Å². The number of anilines is 1. The van der Waals surface area contributed by atoms with E-state index >= 15 is 0 Å². The Hall–Kier alpha value is -2.02. The third-order valence-corrected chi connectivity index (χ3v) is 6.55. The van der Waals surface area contributed by atoms with Gasteiger partial charge in [-0.1, -0.05) is 36.7 Å². The van der Waals surface area contributed by atoms with Gasteiger partial charge in [0.25, 0.3) is 0 Å². The van der Waals surface area contributed by atoms with Crippen molar-refractivity contribution >= 4 is 40.9 Å². The Morgan fingerprint density at radius 3 is 2.40 bits per heavy atom. The van der Waals surface area contributed by atoms with Gasteiger partial charge in [0.2, 0.25) is 11.8 Å².